The molecule has 0 aliphatic heterocycles. The lowest BCUT2D eigenvalue weighted by atomic mass is 10.2. The third-order valence-electron chi connectivity index (χ3n) is 2.63. The van der Waals surface area contributed by atoms with Crippen molar-refractivity contribution < 1.29 is 0 Å². The van der Waals surface area contributed by atoms with Gasteiger partial charge in [0, 0.05) is 23.7 Å². The van der Waals surface area contributed by atoms with Crippen LogP contribution in [0.15, 0.2) is 30.6 Å². The number of pyridine rings is 2. The van der Waals surface area contributed by atoms with Crippen LogP contribution in [0.3, 0.4) is 0 Å². The fourth-order valence-corrected chi connectivity index (χ4v) is 1.81. The highest BCUT2D eigenvalue weighted by Crippen LogP contribution is 2.19. The first kappa shape index (κ1) is 9.96. The van der Waals surface area contributed by atoms with Crippen molar-refractivity contribution in [3.8, 4) is 11.4 Å². The van der Waals surface area contributed by atoms with Gasteiger partial charge in [0.25, 0.3) is 0 Å². The maximum Gasteiger partial charge on any atom is 0.178 e. The molecule has 3 heterocycles. The summed E-state index contributed by atoms with van der Waals surface area (Å²) in [5.41, 5.74) is 4.78. The SMILES string of the molecule is Cc1cncc(-c2nc3nc(C)ccc3[nH]2)c1. The van der Waals surface area contributed by atoms with Gasteiger partial charge in [-0.2, -0.15) is 0 Å². The Kier molecular flexibility index (Phi) is 2.14. The highest BCUT2D eigenvalue weighted by molar-refractivity contribution is 5.75. The van der Waals surface area contributed by atoms with Crippen LogP contribution in [0, 0.1) is 13.8 Å². The van der Waals surface area contributed by atoms with Gasteiger partial charge in [-0.15, -0.1) is 0 Å². The number of imidazole rings is 1. The van der Waals surface area contributed by atoms with Crippen molar-refractivity contribution in [2.45, 2.75) is 13.8 Å². The zero-order chi connectivity index (χ0) is 11.8. The van der Waals surface area contributed by atoms with Crippen molar-refractivity contribution in [3.05, 3.63) is 41.9 Å². The molecule has 0 saturated carbocycles. The Labute approximate surface area is 98.8 Å². The molecule has 3 rings (SSSR count). The zero-order valence-electron chi connectivity index (χ0n) is 9.73. The number of nitrogens with zero attached hydrogens (tertiary/aromatic N) is 3. The van der Waals surface area contributed by atoms with E-state index in [4.69, 9.17) is 0 Å². The van der Waals surface area contributed by atoms with E-state index in [2.05, 4.69) is 26.0 Å². The third-order valence-corrected chi connectivity index (χ3v) is 2.63. The molecule has 3 aromatic rings. The van der Waals surface area contributed by atoms with Crippen molar-refractivity contribution in [2.75, 3.05) is 0 Å². The Balaban J connectivity index is 2.18. The molecular formula is C13H12N4. The van der Waals surface area contributed by atoms with Gasteiger partial charge >= 0.3 is 0 Å². The Morgan fingerprint density at radius 2 is 1.94 bits per heavy atom. The molecule has 0 radical (unpaired) electrons. The number of aromatic nitrogens is 4. The van der Waals surface area contributed by atoms with Gasteiger partial charge in [0.1, 0.15) is 5.82 Å². The molecule has 0 fully saturated rings. The molecule has 0 bridgehead atoms. The van der Waals surface area contributed by atoms with Gasteiger partial charge in [-0.1, -0.05) is 0 Å². The Morgan fingerprint density at radius 1 is 1.06 bits per heavy atom. The number of aromatic amines is 1. The average molecular weight is 224 g/mol. The molecule has 4 nitrogen and oxygen atoms in total. The summed E-state index contributed by atoms with van der Waals surface area (Å²) in [6.45, 7) is 3.98. The van der Waals surface area contributed by atoms with Crippen molar-refractivity contribution in [1.29, 1.82) is 0 Å². The summed E-state index contributed by atoms with van der Waals surface area (Å²) in [4.78, 5) is 16.3. The maximum absolute atomic E-state index is 4.48. The van der Waals surface area contributed by atoms with Gasteiger partial charge in [-0.3, -0.25) is 4.98 Å². The summed E-state index contributed by atoms with van der Waals surface area (Å²) in [6, 6.07) is 6.02. The summed E-state index contributed by atoms with van der Waals surface area (Å²) in [7, 11) is 0. The molecular weight excluding hydrogens is 212 g/mol. The summed E-state index contributed by atoms with van der Waals surface area (Å²) < 4.78 is 0. The van der Waals surface area contributed by atoms with Gasteiger partial charge < -0.3 is 4.98 Å². The van der Waals surface area contributed by atoms with E-state index >= 15 is 0 Å². The van der Waals surface area contributed by atoms with Crippen LogP contribution < -0.4 is 0 Å². The summed E-state index contributed by atoms with van der Waals surface area (Å²) in [5.74, 6) is 0.814. The minimum atomic E-state index is 0.751. The zero-order valence-corrected chi connectivity index (χ0v) is 9.73. The van der Waals surface area contributed by atoms with Crippen LogP contribution in [0.1, 0.15) is 11.3 Å². The molecule has 0 amide bonds. The predicted octanol–water partition coefficient (Wildman–Crippen LogP) is 2.64. The molecule has 0 unspecified atom stereocenters. The van der Waals surface area contributed by atoms with Crippen molar-refractivity contribution in [2.24, 2.45) is 0 Å². The lowest BCUT2D eigenvalue weighted by molar-refractivity contribution is 1.21. The summed E-state index contributed by atoms with van der Waals surface area (Å²) in [5, 5.41) is 0. The standard InChI is InChI=1S/C13H12N4/c1-8-5-10(7-14-6-8)12-16-11-4-3-9(2)15-13(11)17-12/h3-7H,1-2H3,(H,15,16,17). The van der Waals surface area contributed by atoms with Crippen molar-refractivity contribution in [1.82, 2.24) is 19.9 Å². The highest BCUT2D eigenvalue weighted by atomic mass is 15.0. The van der Waals surface area contributed by atoms with E-state index in [-0.39, 0.29) is 0 Å². The van der Waals surface area contributed by atoms with E-state index < -0.39 is 0 Å². The largest absolute Gasteiger partial charge is 0.337 e. The lowest BCUT2D eigenvalue weighted by Crippen LogP contribution is -1.84. The Hall–Kier alpha value is -2.23. The molecule has 0 aliphatic carbocycles. The second kappa shape index (κ2) is 3.66. The minimum Gasteiger partial charge on any atom is -0.337 e. The topological polar surface area (TPSA) is 54.5 Å². The van der Waals surface area contributed by atoms with E-state index in [1.807, 2.05) is 32.2 Å². The number of hydrogen-bond acceptors (Lipinski definition) is 3. The first-order chi connectivity index (χ1) is 8.22. The average Bonchev–Trinajstić information content (AvgIpc) is 2.72. The third kappa shape index (κ3) is 1.78. The number of H-pyrrole nitrogens is 1. The molecule has 1 N–H and O–H groups in total. The van der Waals surface area contributed by atoms with Crippen LogP contribution in [0.5, 0.6) is 0 Å². The summed E-state index contributed by atoms with van der Waals surface area (Å²) >= 11 is 0. The van der Waals surface area contributed by atoms with Crippen LogP contribution in [0.25, 0.3) is 22.6 Å². The normalized spacial score (nSPS) is 10.9. The smallest absolute Gasteiger partial charge is 0.178 e. The number of hydrogen-bond donors (Lipinski definition) is 1. The molecule has 4 heteroatoms. The van der Waals surface area contributed by atoms with E-state index in [0.29, 0.717) is 0 Å². The number of fused-ring (bicyclic) bond motifs is 1. The number of rotatable bonds is 1. The first-order valence-corrected chi connectivity index (χ1v) is 5.48. The van der Waals surface area contributed by atoms with Gasteiger partial charge in [0.2, 0.25) is 0 Å². The second-order valence-electron chi connectivity index (χ2n) is 4.16. The van der Waals surface area contributed by atoms with Crippen LogP contribution in [0.4, 0.5) is 0 Å². The molecule has 0 saturated heterocycles. The maximum atomic E-state index is 4.48. The number of nitrogens with one attached hydrogen (secondary N) is 1. The van der Waals surface area contributed by atoms with Gasteiger partial charge in [0.15, 0.2) is 5.65 Å². The Morgan fingerprint density at radius 3 is 2.76 bits per heavy atom. The molecule has 17 heavy (non-hydrogen) atoms. The van der Waals surface area contributed by atoms with Gasteiger partial charge in [-0.25, -0.2) is 9.97 Å². The second-order valence-corrected chi connectivity index (χ2v) is 4.16. The quantitative estimate of drug-likeness (QED) is 0.691. The number of aryl methyl sites for hydroxylation is 2. The van der Waals surface area contributed by atoms with E-state index in [1.165, 1.54) is 0 Å². The monoisotopic (exact) mass is 224 g/mol. The Bertz CT molecular complexity index is 685. The predicted molar refractivity (Wildman–Crippen MR) is 66.6 cm³/mol. The van der Waals surface area contributed by atoms with Crippen molar-refractivity contribution >= 4 is 11.2 Å². The van der Waals surface area contributed by atoms with E-state index in [0.717, 1.165) is 33.8 Å². The lowest BCUT2D eigenvalue weighted by Gasteiger charge is -1.96. The fraction of sp³-hybridized carbons (Fsp3) is 0.154. The minimum absolute atomic E-state index is 0.751. The first-order valence-electron chi connectivity index (χ1n) is 5.48. The van der Waals surface area contributed by atoms with Gasteiger partial charge in [0.05, 0.1) is 5.52 Å². The molecule has 0 aliphatic rings. The van der Waals surface area contributed by atoms with Crippen LogP contribution >= 0.6 is 0 Å². The van der Waals surface area contributed by atoms with Crippen LogP contribution in [0.2, 0.25) is 0 Å². The fourth-order valence-electron chi connectivity index (χ4n) is 1.81. The highest BCUT2D eigenvalue weighted by Gasteiger charge is 2.06. The van der Waals surface area contributed by atoms with Gasteiger partial charge in [-0.05, 0) is 37.6 Å². The van der Waals surface area contributed by atoms with Crippen LogP contribution in [-0.2, 0) is 0 Å². The van der Waals surface area contributed by atoms with Crippen molar-refractivity contribution in [3.63, 3.8) is 0 Å². The van der Waals surface area contributed by atoms with E-state index in [1.54, 1.807) is 6.20 Å². The molecule has 84 valence electrons. The summed E-state index contributed by atoms with van der Waals surface area (Å²) in [6.07, 6.45) is 3.63. The molecule has 0 aromatic carbocycles. The molecule has 3 aromatic heterocycles. The molecule has 0 spiro atoms. The van der Waals surface area contributed by atoms with E-state index in [9.17, 15) is 0 Å². The molecule has 0 atom stereocenters. The van der Waals surface area contributed by atoms with Crippen LogP contribution in [-0.4, -0.2) is 19.9 Å².